The first kappa shape index (κ1) is 17.0. The van der Waals surface area contributed by atoms with Crippen molar-refractivity contribution in [3.63, 3.8) is 0 Å². The summed E-state index contributed by atoms with van der Waals surface area (Å²) in [4.78, 5) is 26.7. The summed E-state index contributed by atoms with van der Waals surface area (Å²) in [6.07, 6.45) is -1.77. The average molecular weight is 332 g/mol. The largest absolute Gasteiger partial charge is 0.481 e. The van der Waals surface area contributed by atoms with Crippen molar-refractivity contribution >= 4 is 17.6 Å². The van der Waals surface area contributed by atoms with Crippen LogP contribution in [0.25, 0.3) is 0 Å². The summed E-state index contributed by atoms with van der Waals surface area (Å²) in [5.74, 6) is -1.69. The minimum absolute atomic E-state index is 0.144. The van der Waals surface area contributed by atoms with E-state index in [0.717, 1.165) is 12.6 Å². The predicted molar refractivity (Wildman–Crippen MR) is 73.0 cm³/mol. The maximum absolute atomic E-state index is 12.0. The van der Waals surface area contributed by atoms with Crippen LogP contribution in [0.15, 0.2) is 18.3 Å². The molecule has 1 fully saturated rings. The zero-order chi connectivity index (χ0) is 17.1. The van der Waals surface area contributed by atoms with Crippen LogP contribution < -0.4 is 10.1 Å². The maximum Gasteiger partial charge on any atom is 0.422 e. The number of anilines is 1. The van der Waals surface area contributed by atoms with Gasteiger partial charge in [0, 0.05) is 12.5 Å². The Hall–Kier alpha value is -2.32. The van der Waals surface area contributed by atoms with Gasteiger partial charge in [0.25, 0.3) is 0 Å². The molecule has 1 amide bonds. The number of carboxylic acids is 1. The number of carbonyl (C=O) groups is 2. The number of aromatic nitrogens is 1. The zero-order valence-electron chi connectivity index (χ0n) is 12.0. The van der Waals surface area contributed by atoms with E-state index in [4.69, 9.17) is 5.11 Å². The Bertz CT molecular complexity index is 583. The Morgan fingerprint density at radius 3 is 2.48 bits per heavy atom. The number of alkyl halides is 3. The fourth-order valence-electron chi connectivity index (χ4n) is 2.28. The molecule has 1 aromatic rings. The highest BCUT2D eigenvalue weighted by Gasteiger charge is 2.45. The van der Waals surface area contributed by atoms with Gasteiger partial charge < -0.3 is 15.2 Å². The molecule has 126 valence electrons. The molecule has 1 aliphatic carbocycles. The van der Waals surface area contributed by atoms with Crippen LogP contribution in [0.3, 0.4) is 0 Å². The minimum atomic E-state index is -4.46. The first-order chi connectivity index (χ1) is 10.7. The van der Waals surface area contributed by atoms with E-state index in [-0.39, 0.29) is 18.0 Å². The summed E-state index contributed by atoms with van der Waals surface area (Å²) >= 11 is 0. The van der Waals surface area contributed by atoms with Crippen molar-refractivity contribution < 1.29 is 32.6 Å². The lowest BCUT2D eigenvalue weighted by Gasteiger charge is -2.36. The van der Waals surface area contributed by atoms with E-state index in [1.165, 1.54) is 12.1 Å². The molecule has 1 aliphatic rings. The van der Waals surface area contributed by atoms with Crippen molar-refractivity contribution in [1.29, 1.82) is 0 Å². The highest BCUT2D eigenvalue weighted by molar-refractivity contribution is 5.94. The molecule has 23 heavy (non-hydrogen) atoms. The Balaban J connectivity index is 1.88. The second kappa shape index (κ2) is 6.43. The number of rotatable bonds is 6. The maximum atomic E-state index is 12.0. The Labute approximate surface area is 129 Å². The van der Waals surface area contributed by atoms with Gasteiger partial charge in [0.15, 0.2) is 6.61 Å². The molecule has 0 aliphatic heterocycles. The van der Waals surface area contributed by atoms with E-state index in [1.54, 1.807) is 0 Å². The number of carboxylic acid groups (broad SMARTS) is 1. The van der Waals surface area contributed by atoms with Crippen LogP contribution in [-0.4, -0.2) is 34.8 Å². The van der Waals surface area contributed by atoms with Crippen LogP contribution in [0.4, 0.5) is 18.9 Å². The topological polar surface area (TPSA) is 88.5 Å². The average Bonchev–Trinajstić information content (AvgIpc) is 2.41. The van der Waals surface area contributed by atoms with Crippen molar-refractivity contribution in [3.05, 3.63) is 18.3 Å². The van der Waals surface area contributed by atoms with Gasteiger partial charge in [-0.3, -0.25) is 9.59 Å². The Kier molecular flexibility index (Phi) is 4.76. The van der Waals surface area contributed by atoms with Crippen LogP contribution in [0, 0.1) is 5.41 Å². The molecule has 0 spiro atoms. The van der Waals surface area contributed by atoms with E-state index in [9.17, 15) is 22.8 Å². The van der Waals surface area contributed by atoms with E-state index in [1.807, 2.05) is 0 Å². The third-order valence-corrected chi connectivity index (χ3v) is 3.67. The molecular weight excluding hydrogens is 317 g/mol. The molecule has 1 heterocycles. The van der Waals surface area contributed by atoms with Gasteiger partial charge in [-0.2, -0.15) is 13.2 Å². The number of hydrogen-bond donors (Lipinski definition) is 2. The van der Waals surface area contributed by atoms with Crippen LogP contribution in [-0.2, 0) is 9.59 Å². The van der Waals surface area contributed by atoms with Gasteiger partial charge in [-0.05, 0) is 18.9 Å². The third kappa shape index (κ3) is 4.57. The number of nitrogens with one attached hydrogen (secondary N) is 1. The van der Waals surface area contributed by atoms with Crippen molar-refractivity contribution in [3.8, 4) is 5.88 Å². The van der Waals surface area contributed by atoms with Gasteiger partial charge in [0.2, 0.25) is 11.8 Å². The number of hydrogen-bond acceptors (Lipinski definition) is 4. The Morgan fingerprint density at radius 2 is 2.04 bits per heavy atom. The van der Waals surface area contributed by atoms with Gasteiger partial charge in [0.05, 0.1) is 17.3 Å². The van der Waals surface area contributed by atoms with Crippen molar-refractivity contribution in [1.82, 2.24) is 4.98 Å². The molecule has 0 aromatic carbocycles. The smallest absolute Gasteiger partial charge is 0.422 e. The summed E-state index contributed by atoms with van der Waals surface area (Å²) in [6.45, 7) is -1.45. The summed E-state index contributed by atoms with van der Waals surface area (Å²) in [7, 11) is 0. The summed E-state index contributed by atoms with van der Waals surface area (Å²) in [5, 5.41) is 11.6. The molecule has 1 saturated carbocycles. The Morgan fingerprint density at radius 1 is 1.35 bits per heavy atom. The number of pyridine rings is 1. The molecule has 9 heteroatoms. The number of nitrogens with zero attached hydrogens (tertiary/aromatic N) is 1. The van der Waals surface area contributed by atoms with E-state index < -0.39 is 30.1 Å². The molecule has 0 radical (unpaired) electrons. The van der Waals surface area contributed by atoms with Crippen LogP contribution >= 0.6 is 0 Å². The second-order valence-electron chi connectivity index (χ2n) is 5.45. The first-order valence-electron chi connectivity index (χ1n) is 6.89. The lowest BCUT2D eigenvalue weighted by atomic mass is 9.66. The summed E-state index contributed by atoms with van der Waals surface area (Å²) in [6, 6.07) is 2.53. The minimum Gasteiger partial charge on any atom is -0.481 e. The van der Waals surface area contributed by atoms with Crippen molar-refractivity contribution in [2.75, 3.05) is 11.9 Å². The normalized spacial score (nSPS) is 16.3. The van der Waals surface area contributed by atoms with E-state index in [0.29, 0.717) is 12.8 Å². The van der Waals surface area contributed by atoms with Crippen LogP contribution in [0.1, 0.15) is 25.7 Å². The fraction of sp³-hybridized carbons (Fsp3) is 0.500. The standard InChI is InChI=1S/C14H15F3N2O4/c15-14(16,17)8-23-11-3-2-9(7-18-11)19-10(20)6-13(12(21)22)4-1-5-13/h2-3,7H,1,4-6,8H2,(H,19,20)(H,21,22). The van der Waals surface area contributed by atoms with E-state index >= 15 is 0 Å². The molecule has 0 saturated heterocycles. The van der Waals surface area contributed by atoms with Gasteiger partial charge in [-0.25, -0.2) is 4.98 Å². The lowest BCUT2D eigenvalue weighted by Crippen LogP contribution is -2.41. The highest BCUT2D eigenvalue weighted by atomic mass is 19.4. The van der Waals surface area contributed by atoms with Gasteiger partial charge in [-0.15, -0.1) is 0 Å². The quantitative estimate of drug-likeness (QED) is 0.836. The molecule has 1 aromatic heterocycles. The van der Waals surface area contributed by atoms with Crippen LogP contribution in [0.5, 0.6) is 5.88 Å². The third-order valence-electron chi connectivity index (χ3n) is 3.67. The number of amides is 1. The molecule has 2 rings (SSSR count). The van der Waals surface area contributed by atoms with Crippen LogP contribution in [0.2, 0.25) is 0 Å². The van der Waals surface area contributed by atoms with Crippen molar-refractivity contribution in [2.24, 2.45) is 5.41 Å². The number of halogens is 3. The molecule has 2 N–H and O–H groups in total. The van der Waals surface area contributed by atoms with Crippen molar-refractivity contribution in [2.45, 2.75) is 31.9 Å². The lowest BCUT2D eigenvalue weighted by molar-refractivity contribution is -0.157. The first-order valence-corrected chi connectivity index (χ1v) is 6.89. The summed E-state index contributed by atoms with van der Waals surface area (Å²) in [5.41, 5.74) is -0.748. The number of aliphatic carboxylic acids is 1. The molecule has 0 atom stereocenters. The number of carbonyl (C=O) groups excluding carboxylic acids is 1. The predicted octanol–water partition coefficient (Wildman–Crippen LogP) is 2.61. The summed E-state index contributed by atoms with van der Waals surface area (Å²) < 4.78 is 40.4. The van der Waals surface area contributed by atoms with Gasteiger partial charge in [-0.1, -0.05) is 6.42 Å². The molecule has 0 bridgehead atoms. The zero-order valence-corrected chi connectivity index (χ0v) is 12.0. The van der Waals surface area contributed by atoms with E-state index in [2.05, 4.69) is 15.0 Å². The molecule has 0 unspecified atom stereocenters. The highest BCUT2D eigenvalue weighted by Crippen LogP contribution is 2.44. The van der Waals surface area contributed by atoms with Gasteiger partial charge in [0.1, 0.15) is 0 Å². The molecule has 6 nitrogen and oxygen atoms in total. The SMILES string of the molecule is O=C(CC1(C(=O)O)CCC1)Nc1ccc(OCC(F)(F)F)nc1. The monoisotopic (exact) mass is 332 g/mol. The fourth-order valence-corrected chi connectivity index (χ4v) is 2.28. The van der Waals surface area contributed by atoms with Gasteiger partial charge >= 0.3 is 12.1 Å². The second-order valence-corrected chi connectivity index (χ2v) is 5.45. The molecular formula is C14H15F3N2O4. The number of ether oxygens (including phenoxy) is 1.